The first-order valence-corrected chi connectivity index (χ1v) is 21.7. The van der Waals surface area contributed by atoms with Crippen LogP contribution in [-0.2, 0) is 42.1 Å². The Morgan fingerprint density at radius 3 is 1.55 bits per heavy atom. The number of nitrogens with one attached hydrogen (secondary N) is 1. The van der Waals surface area contributed by atoms with E-state index < -0.39 is 18.1 Å². The van der Waals surface area contributed by atoms with E-state index in [2.05, 4.69) is 28.3 Å². The van der Waals surface area contributed by atoms with Gasteiger partial charge in [-0.3, -0.25) is 14.5 Å². The lowest BCUT2D eigenvalue weighted by Crippen LogP contribution is -2.50. The second-order valence-corrected chi connectivity index (χ2v) is 16.7. The van der Waals surface area contributed by atoms with Crippen LogP contribution in [0.5, 0.6) is 0 Å². The zero-order valence-corrected chi connectivity index (χ0v) is 36.1. The van der Waals surface area contributed by atoms with Crippen LogP contribution in [0, 0.1) is 0 Å². The smallest absolute Gasteiger partial charge is 0.345 e. The van der Waals surface area contributed by atoms with Crippen LogP contribution in [-0.4, -0.2) is 141 Å². The number of rotatable bonds is 14. The molecule has 0 radical (unpaired) electrons. The van der Waals surface area contributed by atoms with Crippen LogP contribution in [0.15, 0.2) is 85.2 Å². The molecule has 6 heterocycles. The number of hydrogen-bond donors (Lipinski definition) is 3. The molecule has 6 aliphatic rings. The van der Waals surface area contributed by atoms with Gasteiger partial charge >= 0.3 is 18.0 Å². The van der Waals surface area contributed by atoms with Gasteiger partial charge in [-0.2, -0.15) is 10.1 Å². The number of fused-ring (bicyclic) bond motifs is 4. The summed E-state index contributed by atoms with van der Waals surface area (Å²) in [6, 6.07) is 17.5. The highest BCUT2D eigenvalue weighted by Gasteiger charge is 2.49. The van der Waals surface area contributed by atoms with Gasteiger partial charge in [0.1, 0.15) is 32.0 Å². The minimum atomic E-state index is -0.943. The first-order chi connectivity index (χ1) is 29.9. The van der Waals surface area contributed by atoms with Gasteiger partial charge in [-0.15, -0.1) is 0 Å². The molecule has 2 aromatic rings. The topological polar surface area (TPSA) is 183 Å². The number of nitrogens with zero attached hydrogens (tertiary/aromatic N) is 6. The molecule has 5 amide bonds. The summed E-state index contributed by atoms with van der Waals surface area (Å²) < 4.78 is 5.86. The van der Waals surface area contributed by atoms with Crippen LogP contribution >= 0.6 is 0 Å². The highest BCUT2D eigenvalue weighted by Crippen LogP contribution is 2.32. The Morgan fingerprint density at radius 1 is 0.677 bits per heavy atom. The summed E-state index contributed by atoms with van der Waals surface area (Å²) in [6.45, 7) is 17.6. The number of piperidine rings is 4. The molecule has 0 aromatic heterocycles. The van der Waals surface area contributed by atoms with Crippen LogP contribution in [0.25, 0.3) is 0 Å². The van der Waals surface area contributed by atoms with Gasteiger partial charge in [0.15, 0.2) is 0 Å². The molecule has 17 heteroatoms. The number of benzene rings is 2. The maximum atomic E-state index is 12.8. The highest BCUT2D eigenvalue weighted by molar-refractivity contribution is 5.88. The van der Waals surface area contributed by atoms with Crippen molar-refractivity contribution in [3.8, 4) is 0 Å². The number of likely N-dealkylation sites (tertiary alicyclic amines) is 2. The van der Waals surface area contributed by atoms with E-state index in [-0.39, 0.29) is 49.0 Å². The number of carboxylic acid groups (broad SMARTS) is 1. The van der Waals surface area contributed by atoms with Gasteiger partial charge in [0.05, 0.1) is 24.3 Å². The predicted octanol–water partition coefficient (Wildman–Crippen LogP) is 4.82. The maximum Gasteiger partial charge on any atom is 0.345 e. The quantitative estimate of drug-likeness (QED) is 0.174. The van der Waals surface area contributed by atoms with Crippen molar-refractivity contribution in [3.05, 3.63) is 96.3 Å². The number of nitrogens with two attached hydrogens (primary N) is 1. The van der Waals surface area contributed by atoms with E-state index in [0.717, 1.165) is 80.8 Å². The number of carbonyl (C=O) groups is 4. The van der Waals surface area contributed by atoms with E-state index in [1.807, 2.05) is 74.5 Å². The van der Waals surface area contributed by atoms with Gasteiger partial charge in [0.25, 0.3) is 0 Å². The van der Waals surface area contributed by atoms with Crippen LogP contribution in [0.3, 0.4) is 0 Å². The van der Waals surface area contributed by atoms with Crippen LogP contribution in [0.4, 0.5) is 9.59 Å². The zero-order valence-electron chi connectivity index (χ0n) is 36.1. The number of hydroxylamine groups is 4. The van der Waals surface area contributed by atoms with Gasteiger partial charge in [-0.05, 0) is 76.3 Å². The summed E-state index contributed by atoms with van der Waals surface area (Å²) in [4.78, 5) is 72.6. The Morgan fingerprint density at radius 2 is 1.11 bits per heavy atom. The molecule has 8 rings (SSSR count). The van der Waals surface area contributed by atoms with Gasteiger partial charge in [-0.1, -0.05) is 73.8 Å². The minimum absolute atomic E-state index is 0.00462. The fourth-order valence-corrected chi connectivity index (χ4v) is 8.69. The van der Waals surface area contributed by atoms with Crippen molar-refractivity contribution in [2.75, 3.05) is 46.0 Å². The molecule has 0 unspecified atom stereocenters. The van der Waals surface area contributed by atoms with Crippen molar-refractivity contribution in [1.29, 1.82) is 0 Å². The van der Waals surface area contributed by atoms with Crippen LogP contribution in [0.2, 0.25) is 0 Å². The van der Waals surface area contributed by atoms with E-state index in [4.69, 9.17) is 30.3 Å². The number of amides is 5. The van der Waals surface area contributed by atoms with E-state index >= 15 is 0 Å². The Bertz CT molecular complexity index is 1820. The van der Waals surface area contributed by atoms with Gasteiger partial charge in [0, 0.05) is 50.7 Å². The molecule has 338 valence electrons. The van der Waals surface area contributed by atoms with Gasteiger partial charge in [0.2, 0.25) is 5.91 Å². The number of hydrogen-bond acceptors (Lipinski definition) is 11. The monoisotopic (exact) mass is 860 g/mol. The van der Waals surface area contributed by atoms with Crippen LogP contribution < -0.4 is 11.2 Å². The standard InChI is InChI=1S/C23H32N4O4.C14H16N2O4.C8H16N2O/c1-17(2)25-12-10-20(11-13-25)30-16-24-22(28)21-9-8-19-14-26(21)23(29)27(19)31-15-18-6-4-3-5-7-18;17-13(18)12-7-6-11-8-15(12)14(19)16(11)20-9-10-4-2-1-3-5-10;1-7(2)10-5-3-8(11-9)4-6-10/h3-7,19-21H,1,8-16H2,2H3,(H,24,28);1-5,11-12H,6-9H2,(H,17,18);8H,1,3-6,9H2,2H3/t19-,21+;11-,12+;/m11./s1. The Hall–Kier alpha value is -5.20. The second-order valence-electron chi connectivity index (χ2n) is 16.7. The Labute approximate surface area is 364 Å². The minimum Gasteiger partial charge on any atom is -0.480 e. The van der Waals surface area contributed by atoms with Gasteiger partial charge in [-0.25, -0.2) is 20.3 Å². The number of allylic oxidation sites excluding steroid dienone is 2. The lowest BCUT2D eigenvalue weighted by atomic mass is 10.0. The van der Waals surface area contributed by atoms with E-state index in [1.165, 1.54) is 15.0 Å². The summed E-state index contributed by atoms with van der Waals surface area (Å²) in [5.74, 6) is 3.98. The Balaban J connectivity index is 0.000000176. The third kappa shape index (κ3) is 12.0. The SMILES string of the molecule is C=C(C)N1CCC(OCNC(=O)[C@@H]2CC[C@@H]3CN2C(=O)N3OCc2ccccc2)CC1.C=C(C)N1CCC(ON)CC1.O=C(O)[C@@H]1CC[C@@H]2CN1C(=O)N2OCc1ccccc1. The van der Waals surface area contributed by atoms with E-state index in [1.54, 1.807) is 4.90 Å². The fraction of sp³-hybridized carbons (Fsp3) is 0.556. The summed E-state index contributed by atoms with van der Waals surface area (Å²) in [5.41, 5.74) is 4.21. The fourth-order valence-electron chi connectivity index (χ4n) is 8.69. The van der Waals surface area contributed by atoms with E-state index in [9.17, 15) is 19.2 Å². The summed E-state index contributed by atoms with van der Waals surface area (Å²) in [5, 5.41) is 14.8. The molecule has 4 N–H and O–H groups in total. The highest BCUT2D eigenvalue weighted by atomic mass is 16.7. The predicted molar refractivity (Wildman–Crippen MR) is 230 cm³/mol. The number of ether oxygens (including phenoxy) is 1. The first-order valence-electron chi connectivity index (χ1n) is 21.7. The lowest BCUT2D eigenvalue weighted by Gasteiger charge is -2.34. The first kappa shape index (κ1) is 46.3. The van der Waals surface area contributed by atoms with Crippen molar-refractivity contribution in [1.82, 2.24) is 35.0 Å². The molecule has 17 nitrogen and oxygen atoms in total. The molecule has 4 atom stereocenters. The molecule has 6 saturated heterocycles. The largest absolute Gasteiger partial charge is 0.480 e. The maximum absolute atomic E-state index is 12.8. The van der Waals surface area contributed by atoms with Crippen molar-refractivity contribution in [2.45, 2.75) is 115 Å². The molecule has 6 aliphatic heterocycles. The average Bonchev–Trinajstić information content (AvgIpc) is 3.67. The van der Waals surface area contributed by atoms with Crippen molar-refractivity contribution < 1.29 is 43.5 Å². The molecular weight excluding hydrogens is 797 g/mol. The molecule has 62 heavy (non-hydrogen) atoms. The molecule has 6 fully saturated rings. The second kappa shape index (κ2) is 22.2. The molecule has 4 bridgehead atoms. The molecule has 0 spiro atoms. The molecule has 0 saturated carbocycles. The lowest BCUT2D eigenvalue weighted by molar-refractivity contribution is -0.143. The van der Waals surface area contributed by atoms with Crippen molar-refractivity contribution >= 4 is 23.9 Å². The third-order valence-electron chi connectivity index (χ3n) is 12.4. The summed E-state index contributed by atoms with van der Waals surface area (Å²) >= 11 is 0. The number of aliphatic carboxylic acids is 1. The van der Waals surface area contributed by atoms with Crippen molar-refractivity contribution in [2.24, 2.45) is 5.90 Å². The van der Waals surface area contributed by atoms with Gasteiger partial charge < -0.3 is 39.6 Å². The zero-order chi connectivity index (χ0) is 44.2. The number of carboxylic acids is 1. The molecular formula is C45H64N8O9. The normalized spacial score (nSPS) is 23.7. The third-order valence-corrected chi connectivity index (χ3v) is 12.4. The van der Waals surface area contributed by atoms with Crippen molar-refractivity contribution in [3.63, 3.8) is 0 Å². The average molecular weight is 861 g/mol. The Kier molecular flexibility index (Phi) is 16.6. The van der Waals surface area contributed by atoms with Crippen LogP contribution in [0.1, 0.15) is 76.3 Å². The number of carbonyl (C=O) groups excluding carboxylic acids is 3. The molecule has 0 aliphatic carbocycles. The summed E-state index contributed by atoms with van der Waals surface area (Å²) in [6.07, 6.45) is 6.79. The molecule has 2 aromatic carbocycles. The van der Waals surface area contributed by atoms with E-state index in [0.29, 0.717) is 45.6 Å². The summed E-state index contributed by atoms with van der Waals surface area (Å²) in [7, 11) is 0. The number of urea groups is 2.